The molecule has 7 heteroatoms. The number of hydrogen-bond acceptors (Lipinski definition) is 5. The first kappa shape index (κ1) is 14.9. The lowest BCUT2D eigenvalue weighted by atomic mass is 10.2. The molecule has 2 aromatic rings. The van der Waals surface area contributed by atoms with Gasteiger partial charge in [0.15, 0.2) is 16.6 Å². The van der Waals surface area contributed by atoms with Gasteiger partial charge in [0.1, 0.15) is 5.76 Å². The Morgan fingerprint density at radius 1 is 1.48 bits per heavy atom. The Kier molecular flexibility index (Phi) is 5.16. The van der Waals surface area contributed by atoms with Crippen molar-refractivity contribution in [2.24, 2.45) is 5.10 Å². The summed E-state index contributed by atoms with van der Waals surface area (Å²) in [6.07, 6.45) is 3.17. The summed E-state index contributed by atoms with van der Waals surface area (Å²) in [5.41, 5.74) is 3.46. The Labute approximate surface area is 127 Å². The summed E-state index contributed by atoms with van der Waals surface area (Å²) in [4.78, 5) is 0. The number of ether oxygens (including phenoxy) is 1. The number of benzene rings is 1. The molecule has 1 aromatic carbocycles. The van der Waals surface area contributed by atoms with Gasteiger partial charge in [-0.25, -0.2) is 0 Å². The zero-order valence-corrected chi connectivity index (χ0v) is 12.2. The Morgan fingerprint density at radius 3 is 3.05 bits per heavy atom. The molecule has 1 aromatic heterocycles. The minimum atomic E-state index is 0.0817. The fourth-order valence-electron chi connectivity index (χ4n) is 1.56. The maximum absolute atomic E-state index is 9.48. The van der Waals surface area contributed by atoms with Crippen LogP contribution in [0.4, 0.5) is 0 Å². The first-order valence-corrected chi connectivity index (χ1v) is 6.56. The predicted molar refractivity (Wildman–Crippen MR) is 83.5 cm³/mol. The molecule has 0 amide bonds. The summed E-state index contributed by atoms with van der Waals surface area (Å²) in [7, 11) is 1.49. The van der Waals surface area contributed by atoms with Crippen molar-refractivity contribution in [1.82, 2.24) is 10.7 Å². The molecule has 0 aliphatic heterocycles. The average Bonchev–Trinajstić information content (AvgIpc) is 3.00. The Balaban J connectivity index is 1.82. The maximum Gasteiger partial charge on any atom is 0.187 e. The van der Waals surface area contributed by atoms with Gasteiger partial charge < -0.3 is 19.6 Å². The first-order chi connectivity index (χ1) is 10.2. The fraction of sp³-hybridized carbons (Fsp3) is 0.143. The second-order valence-corrected chi connectivity index (χ2v) is 4.47. The number of phenols is 1. The van der Waals surface area contributed by atoms with Crippen molar-refractivity contribution in [3.63, 3.8) is 0 Å². The summed E-state index contributed by atoms with van der Waals surface area (Å²) in [6.45, 7) is 0.487. The van der Waals surface area contributed by atoms with Gasteiger partial charge in [0, 0.05) is 0 Å². The Bertz CT molecular complexity index is 626. The number of rotatable bonds is 5. The van der Waals surface area contributed by atoms with E-state index in [1.807, 2.05) is 12.1 Å². The van der Waals surface area contributed by atoms with Crippen LogP contribution in [0.15, 0.2) is 46.1 Å². The van der Waals surface area contributed by atoms with Gasteiger partial charge in [-0.3, -0.25) is 5.43 Å². The van der Waals surface area contributed by atoms with Crippen LogP contribution in [0, 0.1) is 0 Å². The van der Waals surface area contributed by atoms with E-state index in [9.17, 15) is 5.11 Å². The van der Waals surface area contributed by atoms with Crippen LogP contribution in [0.25, 0.3) is 0 Å². The number of aromatic hydroxyl groups is 1. The normalized spacial score (nSPS) is 10.5. The van der Waals surface area contributed by atoms with Crippen LogP contribution in [-0.4, -0.2) is 23.5 Å². The number of methoxy groups -OCH3 is 1. The molecule has 1 heterocycles. The van der Waals surface area contributed by atoms with Crippen LogP contribution in [0.2, 0.25) is 0 Å². The van der Waals surface area contributed by atoms with Crippen molar-refractivity contribution in [1.29, 1.82) is 0 Å². The van der Waals surface area contributed by atoms with Gasteiger partial charge in [0.2, 0.25) is 0 Å². The number of phenolic OH excluding ortho intramolecular Hbond substituents is 1. The lowest BCUT2D eigenvalue weighted by Crippen LogP contribution is -2.31. The number of nitrogens with zero attached hydrogens (tertiary/aromatic N) is 1. The van der Waals surface area contributed by atoms with E-state index in [0.29, 0.717) is 17.4 Å². The molecule has 3 N–H and O–H groups in total. The standard InChI is InChI=1S/C14H15N3O3S/c1-19-13-7-10(4-5-12(13)18)8-16-17-14(21)15-9-11-3-2-6-20-11/h2-8,18H,9H2,1H3,(H2,15,17,21)/b16-8-. The van der Waals surface area contributed by atoms with E-state index < -0.39 is 0 Å². The molecule has 0 spiro atoms. The van der Waals surface area contributed by atoms with Crippen LogP contribution in [0.1, 0.15) is 11.3 Å². The lowest BCUT2D eigenvalue weighted by molar-refractivity contribution is 0.373. The molecule has 0 atom stereocenters. The van der Waals surface area contributed by atoms with Gasteiger partial charge >= 0.3 is 0 Å². The van der Waals surface area contributed by atoms with E-state index in [4.69, 9.17) is 21.4 Å². The third-order valence-corrected chi connectivity index (χ3v) is 2.82. The number of nitrogens with one attached hydrogen (secondary N) is 2. The van der Waals surface area contributed by atoms with E-state index in [1.54, 1.807) is 24.6 Å². The zero-order chi connectivity index (χ0) is 15.1. The highest BCUT2D eigenvalue weighted by atomic mass is 32.1. The average molecular weight is 305 g/mol. The highest BCUT2D eigenvalue weighted by Gasteiger charge is 2.01. The second kappa shape index (κ2) is 7.30. The van der Waals surface area contributed by atoms with Gasteiger partial charge in [-0.05, 0) is 48.1 Å². The lowest BCUT2D eigenvalue weighted by Gasteiger charge is -2.05. The van der Waals surface area contributed by atoms with Crippen LogP contribution >= 0.6 is 12.2 Å². The number of hydrogen-bond donors (Lipinski definition) is 3. The number of thiocarbonyl (C=S) groups is 1. The molecule has 0 aliphatic carbocycles. The summed E-state index contributed by atoms with van der Waals surface area (Å²) < 4.78 is 10.2. The van der Waals surface area contributed by atoms with Crippen molar-refractivity contribution in [2.75, 3.05) is 7.11 Å². The molecule has 110 valence electrons. The van der Waals surface area contributed by atoms with Crippen molar-refractivity contribution >= 4 is 23.5 Å². The quantitative estimate of drug-likeness (QED) is 0.445. The van der Waals surface area contributed by atoms with E-state index in [1.165, 1.54) is 13.2 Å². The minimum absolute atomic E-state index is 0.0817. The maximum atomic E-state index is 9.48. The third kappa shape index (κ3) is 4.50. The Hall–Kier alpha value is -2.54. The van der Waals surface area contributed by atoms with Gasteiger partial charge in [-0.15, -0.1) is 0 Å². The SMILES string of the molecule is COc1cc(/C=N\NC(=S)NCc2ccco2)ccc1O. The molecular weight excluding hydrogens is 290 g/mol. The third-order valence-electron chi connectivity index (χ3n) is 2.59. The fourth-order valence-corrected chi connectivity index (χ4v) is 1.68. The van der Waals surface area contributed by atoms with Gasteiger partial charge in [0.25, 0.3) is 0 Å². The molecule has 0 saturated carbocycles. The predicted octanol–water partition coefficient (Wildman–Crippen LogP) is 1.99. The van der Waals surface area contributed by atoms with Gasteiger partial charge in [-0.2, -0.15) is 5.10 Å². The molecule has 21 heavy (non-hydrogen) atoms. The summed E-state index contributed by atoms with van der Waals surface area (Å²) in [5, 5.41) is 16.8. The van der Waals surface area contributed by atoms with Crippen LogP contribution in [-0.2, 0) is 6.54 Å². The van der Waals surface area contributed by atoms with Crippen molar-refractivity contribution in [3.8, 4) is 11.5 Å². The van der Waals surface area contributed by atoms with Gasteiger partial charge in [0.05, 0.1) is 26.1 Å². The molecule has 0 bridgehead atoms. The van der Waals surface area contributed by atoms with Crippen molar-refractivity contribution in [3.05, 3.63) is 47.9 Å². The zero-order valence-electron chi connectivity index (χ0n) is 11.4. The smallest absolute Gasteiger partial charge is 0.187 e. The van der Waals surface area contributed by atoms with Crippen molar-refractivity contribution in [2.45, 2.75) is 6.54 Å². The van der Waals surface area contributed by atoms with Crippen molar-refractivity contribution < 1.29 is 14.3 Å². The topological polar surface area (TPSA) is 79.0 Å². The van der Waals surface area contributed by atoms with E-state index >= 15 is 0 Å². The summed E-state index contributed by atoms with van der Waals surface area (Å²) in [5.74, 6) is 1.25. The molecule has 2 rings (SSSR count). The van der Waals surface area contributed by atoms with Crippen LogP contribution in [0.3, 0.4) is 0 Å². The van der Waals surface area contributed by atoms with E-state index in [2.05, 4.69) is 15.8 Å². The van der Waals surface area contributed by atoms with Crippen LogP contribution in [0.5, 0.6) is 11.5 Å². The minimum Gasteiger partial charge on any atom is -0.504 e. The molecule has 0 saturated heterocycles. The molecule has 0 fully saturated rings. The largest absolute Gasteiger partial charge is 0.504 e. The summed E-state index contributed by atoms with van der Waals surface area (Å²) in [6, 6.07) is 8.57. The highest BCUT2D eigenvalue weighted by Crippen LogP contribution is 2.25. The number of hydrazone groups is 1. The molecule has 0 aliphatic rings. The van der Waals surface area contributed by atoms with E-state index in [0.717, 1.165) is 11.3 Å². The van der Waals surface area contributed by atoms with E-state index in [-0.39, 0.29) is 5.75 Å². The van der Waals surface area contributed by atoms with Crippen LogP contribution < -0.4 is 15.5 Å². The first-order valence-electron chi connectivity index (χ1n) is 6.15. The molecule has 0 unspecified atom stereocenters. The Morgan fingerprint density at radius 2 is 2.33 bits per heavy atom. The second-order valence-electron chi connectivity index (χ2n) is 4.06. The highest BCUT2D eigenvalue weighted by molar-refractivity contribution is 7.80. The molecular formula is C14H15N3O3S. The molecule has 6 nitrogen and oxygen atoms in total. The molecule has 0 radical (unpaired) electrons. The van der Waals surface area contributed by atoms with Gasteiger partial charge in [-0.1, -0.05) is 0 Å². The monoisotopic (exact) mass is 305 g/mol. The number of furan rings is 1. The summed E-state index contributed by atoms with van der Waals surface area (Å²) >= 11 is 5.07.